The van der Waals surface area contributed by atoms with Crippen LogP contribution in [-0.2, 0) is 19.1 Å². The van der Waals surface area contributed by atoms with Crippen LogP contribution < -0.4 is 10.4 Å². The Bertz CT molecular complexity index is 1500. The Labute approximate surface area is 265 Å². The van der Waals surface area contributed by atoms with Crippen molar-refractivity contribution in [1.29, 1.82) is 0 Å². The van der Waals surface area contributed by atoms with Crippen LogP contribution in [-0.4, -0.2) is 40.3 Å². The molecule has 3 fully saturated rings. The predicted molar refractivity (Wildman–Crippen MR) is 166 cm³/mol. The molecule has 9 nitrogen and oxygen atoms in total. The van der Waals surface area contributed by atoms with Gasteiger partial charge >= 0.3 is 17.6 Å². The fraction of sp³-hybridized carbons (Fsp3) is 0.667. The van der Waals surface area contributed by atoms with Crippen LogP contribution in [0.25, 0.3) is 11.3 Å². The summed E-state index contributed by atoms with van der Waals surface area (Å²) in [5, 5.41) is 12.3. The summed E-state index contributed by atoms with van der Waals surface area (Å²) in [5.41, 5.74) is -2.11. The number of rotatable bonds is 5. The molecule has 244 valence electrons. The zero-order chi connectivity index (χ0) is 32.3. The fourth-order valence-electron chi connectivity index (χ4n) is 9.43. The number of carbonyl (C=O) groups excluding carboxylic acids is 2. The molecule has 2 aromatic rings. The van der Waals surface area contributed by atoms with Gasteiger partial charge in [0.2, 0.25) is 0 Å². The lowest BCUT2D eigenvalue weighted by Crippen LogP contribution is -2.70. The van der Waals surface area contributed by atoms with Crippen molar-refractivity contribution in [1.82, 2.24) is 4.98 Å². The molecule has 0 radical (unpaired) electrons. The van der Waals surface area contributed by atoms with Crippen molar-refractivity contribution in [2.45, 2.75) is 104 Å². The van der Waals surface area contributed by atoms with Crippen molar-refractivity contribution in [3.8, 4) is 17.1 Å². The molecule has 6 rings (SSSR count). The Morgan fingerprint density at radius 2 is 1.84 bits per heavy atom. The Hall–Kier alpha value is -3.20. The van der Waals surface area contributed by atoms with Gasteiger partial charge in [-0.05, 0) is 87.2 Å². The van der Waals surface area contributed by atoms with Gasteiger partial charge in [0, 0.05) is 42.3 Å². The molecular formula is C36H47NO8. The number of fused-ring (bicyclic) bond motifs is 4. The molecule has 9 heteroatoms. The number of hydrogen-bond acceptors (Lipinski definition) is 9. The average molecular weight is 622 g/mol. The molecule has 3 unspecified atom stereocenters. The van der Waals surface area contributed by atoms with E-state index in [1.165, 1.54) is 6.92 Å². The van der Waals surface area contributed by atoms with E-state index >= 15 is 0 Å². The number of carbonyl (C=O) groups is 2. The zero-order valence-corrected chi connectivity index (χ0v) is 27.3. The molecule has 0 spiro atoms. The van der Waals surface area contributed by atoms with E-state index in [0.29, 0.717) is 17.9 Å². The van der Waals surface area contributed by atoms with Gasteiger partial charge in [-0.2, -0.15) is 0 Å². The first-order chi connectivity index (χ1) is 21.3. The summed E-state index contributed by atoms with van der Waals surface area (Å²) in [5.74, 6) is -0.143. The van der Waals surface area contributed by atoms with E-state index in [9.17, 15) is 19.5 Å². The lowest BCUT2D eigenvalue weighted by molar-refractivity contribution is -0.264. The highest BCUT2D eigenvalue weighted by molar-refractivity contribution is 5.73. The maximum Gasteiger partial charge on any atom is 0.345 e. The Morgan fingerprint density at radius 3 is 2.51 bits per heavy atom. The number of hydrogen-bond donors (Lipinski definition) is 1. The van der Waals surface area contributed by atoms with Gasteiger partial charge in [-0.3, -0.25) is 14.6 Å². The molecule has 1 N–H and O–H groups in total. The van der Waals surface area contributed by atoms with Gasteiger partial charge in [-0.25, -0.2) is 4.79 Å². The number of esters is 2. The van der Waals surface area contributed by atoms with Crippen LogP contribution in [0.1, 0.15) is 98.2 Å². The topological polar surface area (TPSA) is 125 Å². The normalized spacial score (nSPS) is 39.0. The molecule has 1 aliphatic heterocycles. The summed E-state index contributed by atoms with van der Waals surface area (Å²) < 4.78 is 24.8. The van der Waals surface area contributed by atoms with Crippen LogP contribution in [0.2, 0.25) is 0 Å². The smallest absolute Gasteiger partial charge is 0.345 e. The lowest BCUT2D eigenvalue weighted by Gasteiger charge is -2.66. The summed E-state index contributed by atoms with van der Waals surface area (Å²) in [6, 6.07) is 5.18. The van der Waals surface area contributed by atoms with Gasteiger partial charge in [-0.1, -0.05) is 27.7 Å². The van der Waals surface area contributed by atoms with Gasteiger partial charge in [-0.15, -0.1) is 0 Å². The van der Waals surface area contributed by atoms with Crippen molar-refractivity contribution in [3.05, 3.63) is 46.6 Å². The SMILES string of the molecule is CC(=O)OCC1(C)C2C[C@H](OC(=O)C3CCC(C)CC3)[C@@]3(C)Oc4cc(-c5cccnc5)oc(=O)c4[C@H](O)C3[C@@]2(C)CC[C@@H]1C. The Balaban J connectivity index is 1.46. The van der Waals surface area contributed by atoms with E-state index in [0.717, 1.165) is 38.5 Å². The number of aliphatic hydroxyl groups is 1. The van der Waals surface area contributed by atoms with Crippen molar-refractivity contribution >= 4 is 11.9 Å². The maximum absolute atomic E-state index is 13.8. The van der Waals surface area contributed by atoms with E-state index in [2.05, 4.69) is 32.7 Å². The molecule has 0 amide bonds. The van der Waals surface area contributed by atoms with E-state index in [4.69, 9.17) is 18.6 Å². The summed E-state index contributed by atoms with van der Waals surface area (Å²) in [7, 11) is 0. The average Bonchev–Trinajstić information content (AvgIpc) is 2.99. The number of nitrogens with zero attached hydrogens (tertiary/aromatic N) is 1. The third-order valence-electron chi connectivity index (χ3n) is 12.3. The van der Waals surface area contributed by atoms with E-state index < -0.39 is 40.2 Å². The highest BCUT2D eigenvalue weighted by Crippen LogP contribution is 2.68. The van der Waals surface area contributed by atoms with Crippen LogP contribution in [0.15, 0.2) is 39.8 Å². The standard InChI is InChI=1S/C36H47NO8/c1-20-9-11-23(12-10-20)32(40)44-28-17-27-34(4,14-13-21(2)35(27,5)19-42-22(3)38)31-30(39)29-26(45-36(28,31)6)16-25(43-33(29)41)24-8-7-15-37-18-24/h7-8,15-16,18,20-21,23,27-28,30-31,39H,9-14,17,19H2,1-6H3/t20?,21-,23?,27?,28-,30-,31?,34-,35?,36+/m0/s1. The zero-order valence-electron chi connectivity index (χ0n) is 27.3. The minimum atomic E-state index is -1.23. The molecule has 2 aromatic heterocycles. The molecule has 3 saturated carbocycles. The Kier molecular flexibility index (Phi) is 8.15. The van der Waals surface area contributed by atoms with Crippen LogP contribution in [0.5, 0.6) is 5.75 Å². The van der Waals surface area contributed by atoms with Gasteiger partial charge in [0.25, 0.3) is 0 Å². The summed E-state index contributed by atoms with van der Waals surface area (Å²) in [6.07, 6.45) is 6.95. The minimum Gasteiger partial charge on any atom is -0.482 e. The van der Waals surface area contributed by atoms with Gasteiger partial charge in [0.05, 0.1) is 18.6 Å². The highest BCUT2D eigenvalue weighted by Gasteiger charge is 2.70. The highest BCUT2D eigenvalue weighted by atomic mass is 16.6. The molecule has 3 aliphatic carbocycles. The third kappa shape index (κ3) is 5.29. The van der Waals surface area contributed by atoms with Crippen LogP contribution in [0.3, 0.4) is 0 Å². The molecule has 8 atom stereocenters. The van der Waals surface area contributed by atoms with Crippen LogP contribution in [0, 0.1) is 40.4 Å². The molecule has 0 bridgehead atoms. The van der Waals surface area contributed by atoms with E-state index in [-0.39, 0.29) is 53.4 Å². The number of aromatic nitrogens is 1. The van der Waals surface area contributed by atoms with Crippen molar-refractivity contribution in [2.24, 2.45) is 40.4 Å². The molecule has 4 aliphatic rings. The van der Waals surface area contributed by atoms with E-state index in [1.807, 2.05) is 6.92 Å². The second-order valence-corrected chi connectivity index (χ2v) is 15.0. The van der Waals surface area contributed by atoms with E-state index in [1.54, 1.807) is 30.6 Å². The van der Waals surface area contributed by atoms with Crippen molar-refractivity contribution in [3.63, 3.8) is 0 Å². The maximum atomic E-state index is 13.8. The van der Waals surface area contributed by atoms with Crippen molar-refractivity contribution < 1.29 is 33.3 Å². The monoisotopic (exact) mass is 621 g/mol. The molecule has 0 saturated heterocycles. The molecule has 45 heavy (non-hydrogen) atoms. The number of aliphatic hydroxyl groups excluding tert-OH is 1. The fourth-order valence-corrected chi connectivity index (χ4v) is 9.43. The number of pyridine rings is 1. The lowest BCUT2D eigenvalue weighted by atomic mass is 9.41. The first-order valence-electron chi connectivity index (χ1n) is 16.6. The van der Waals surface area contributed by atoms with Crippen LogP contribution >= 0.6 is 0 Å². The summed E-state index contributed by atoms with van der Waals surface area (Å²) in [6.45, 7) is 12.3. The summed E-state index contributed by atoms with van der Waals surface area (Å²) >= 11 is 0. The largest absolute Gasteiger partial charge is 0.482 e. The quantitative estimate of drug-likeness (QED) is 0.385. The molecule has 3 heterocycles. The second-order valence-electron chi connectivity index (χ2n) is 15.0. The first kappa shape index (κ1) is 31.8. The molecule has 0 aromatic carbocycles. The van der Waals surface area contributed by atoms with Crippen molar-refractivity contribution in [2.75, 3.05) is 6.61 Å². The Morgan fingerprint density at radius 1 is 1.11 bits per heavy atom. The summed E-state index contributed by atoms with van der Waals surface area (Å²) in [4.78, 5) is 43.6. The van der Waals surface area contributed by atoms with Gasteiger partial charge in [0.1, 0.15) is 28.8 Å². The minimum absolute atomic E-state index is 0.0821. The van der Waals surface area contributed by atoms with Crippen LogP contribution in [0.4, 0.5) is 0 Å². The third-order valence-corrected chi connectivity index (χ3v) is 12.3. The first-order valence-corrected chi connectivity index (χ1v) is 16.6. The number of ether oxygens (including phenoxy) is 3. The predicted octanol–water partition coefficient (Wildman–Crippen LogP) is 6.27. The molecular weight excluding hydrogens is 574 g/mol. The van der Waals surface area contributed by atoms with Gasteiger partial charge in [0.15, 0.2) is 0 Å². The van der Waals surface area contributed by atoms with Gasteiger partial charge < -0.3 is 23.7 Å². The second kappa shape index (κ2) is 11.6.